The van der Waals surface area contributed by atoms with Crippen molar-refractivity contribution < 1.29 is 9.47 Å². The molecule has 0 saturated heterocycles. The number of hydrogen-bond acceptors (Lipinski definition) is 4. The van der Waals surface area contributed by atoms with Gasteiger partial charge < -0.3 is 15.2 Å². The molecule has 0 saturated carbocycles. The van der Waals surface area contributed by atoms with Crippen molar-refractivity contribution in [1.29, 1.82) is 0 Å². The number of ether oxygens (including phenoxy) is 2. The third kappa shape index (κ3) is 2.90. The van der Waals surface area contributed by atoms with Gasteiger partial charge >= 0.3 is 0 Å². The van der Waals surface area contributed by atoms with Gasteiger partial charge in [-0.05, 0) is 18.2 Å². The first-order valence-electron chi connectivity index (χ1n) is 5.33. The van der Waals surface area contributed by atoms with E-state index in [2.05, 4.69) is 5.10 Å². The van der Waals surface area contributed by atoms with Crippen molar-refractivity contribution in [3.63, 3.8) is 0 Å². The zero-order chi connectivity index (χ0) is 12.1. The molecule has 2 N–H and O–H groups in total. The molecule has 0 amide bonds. The third-order valence-electron chi connectivity index (χ3n) is 2.36. The smallest absolute Gasteiger partial charge is 0.145 e. The normalized spacial score (nSPS) is 10.2. The molecule has 0 bridgehead atoms. The molecular weight excluding hydrogens is 218 g/mol. The molecule has 17 heavy (non-hydrogen) atoms. The maximum Gasteiger partial charge on any atom is 0.145 e. The van der Waals surface area contributed by atoms with E-state index in [1.165, 1.54) is 0 Å². The summed E-state index contributed by atoms with van der Waals surface area (Å²) in [7, 11) is 1.61. The van der Waals surface area contributed by atoms with Gasteiger partial charge in [0.05, 0.1) is 19.3 Å². The predicted octanol–water partition coefficient (Wildman–Crippen LogP) is 1.55. The van der Waals surface area contributed by atoms with Gasteiger partial charge in [-0.15, -0.1) is 0 Å². The molecule has 0 aliphatic carbocycles. The highest BCUT2D eigenvalue weighted by atomic mass is 16.5. The molecule has 0 aliphatic heterocycles. The first-order valence-corrected chi connectivity index (χ1v) is 5.33. The Morgan fingerprint density at radius 1 is 1.41 bits per heavy atom. The minimum Gasteiger partial charge on any atom is -0.497 e. The second-order valence-corrected chi connectivity index (χ2v) is 3.52. The van der Waals surface area contributed by atoms with E-state index in [0.29, 0.717) is 24.6 Å². The van der Waals surface area contributed by atoms with Crippen LogP contribution >= 0.6 is 0 Å². The van der Waals surface area contributed by atoms with Crippen LogP contribution in [-0.4, -0.2) is 23.5 Å². The minimum atomic E-state index is 0.513. The van der Waals surface area contributed by atoms with Crippen molar-refractivity contribution in [1.82, 2.24) is 9.78 Å². The molecule has 0 fully saturated rings. The average molecular weight is 233 g/mol. The summed E-state index contributed by atoms with van der Waals surface area (Å²) in [5.74, 6) is 1.37. The summed E-state index contributed by atoms with van der Waals surface area (Å²) in [6, 6.07) is 7.22. The fourth-order valence-corrected chi connectivity index (χ4v) is 1.45. The number of benzene rings is 1. The summed E-state index contributed by atoms with van der Waals surface area (Å²) in [5, 5.41) is 4.08. The number of aromatic nitrogens is 2. The lowest BCUT2D eigenvalue weighted by Crippen LogP contribution is -2.09. The molecule has 5 nitrogen and oxygen atoms in total. The van der Waals surface area contributed by atoms with Gasteiger partial charge in [-0.2, -0.15) is 5.10 Å². The second kappa shape index (κ2) is 5.25. The van der Waals surface area contributed by atoms with E-state index in [1.54, 1.807) is 36.2 Å². The highest BCUT2D eigenvalue weighted by Gasteiger charge is 2.02. The molecule has 0 radical (unpaired) electrons. The fraction of sp³-hybridized carbons (Fsp3) is 0.250. The van der Waals surface area contributed by atoms with Crippen molar-refractivity contribution in [2.24, 2.45) is 0 Å². The Morgan fingerprint density at radius 2 is 2.29 bits per heavy atom. The molecule has 90 valence electrons. The van der Waals surface area contributed by atoms with E-state index in [0.717, 1.165) is 5.75 Å². The summed E-state index contributed by atoms with van der Waals surface area (Å²) in [6.45, 7) is 1.20. The van der Waals surface area contributed by atoms with Gasteiger partial charge in [-0.3, -0.25) is 4.68 Å². The number of nitrogen functional groups attached to an aromatic ring is 1. The Hall–Kier alpha value is -2.17. The number of anilines is 1. The van der Waals surface area contributed by atoms with Crippen LogP contribution in [0.15, 0.2) is 36.7 Å². The Labute approximate surface area is 99.8 Å². The molecule has 1 aromatic heterocycles. The summed E-state index contributed by atoms with van der Waals surface area (Å²) in [5.41, 5.74) is 6.40. The molecule has 5 heteroatoms. The van der Waals surface area contributed by atoms with Crippen LogP contribution in [-0.2, 0) is 6.54 Å². The number of hydrogen-bond donors (Lipinski definition) is 1. The minimum absolute atomic E-state index is 0.513. The van der Waals surface area contributed by atoms with Crippen molar-refractivity contribution >= 4 is 5.69 Å². The molecule has 0 atom stereocenters. The lowest BCUT2D eigenvalue weighted by atomic mass is 10.3. The first kappa shape index (κ1) is 11.3. The van der Waals surface area contributed by atoms with Gasteiger partial charge in [0.15, 0.2) is 0 Å². The topological polar surface area (TPSA) is 62.3 Å². The molecule has 1 heterocycles. The molecule has 2 rings (SSSR count). The van der Waals surface area contributed by atoms with Gasteiger partial charge in [0, 0.05) is 18.5 Å². The molecule has 0 unspecified atom stereocenters. The number of rotatable bonds is 5. The second-order valence-electron chi connectivity index (χ2n) is 3.52. The summed E-state index contributed by atoms with van der Waals surface area (Å²) >= 11 is 0. The van der Waals surface area contributed by atoms with Crippen LogP contribution in [0.2, 0.25) is 0 Å². The van der Waals surface area contributed by atoms with Crippen LogP contribution in [0.25, 0.3) is 0 Å². The van der Waals surface area contributed by atoms with E-state index in [1.807, 2.05) is 12.3 Å². The Bertz CT molecular complexity index is 469. The zero-order valence-corrected chi connectivity index (χ0v) is 9.67. The Kier molecular flexibility index (Phi) is 3.49. The van der Waals surface area contributed by atoms with Crippen molar-refractivity contribution in [2.45, 2.75) is 6.54 Å². The van der Waals surface area contributed by atoms with E-state index >= 15 is 0 Å². The van der Waals surface area contributed by atoms with Crippen LogP contribution in [0.4, 0.5) is 5.69 Å². The van der Waals surface area contributed by atoms with Crippen LogP contribution in [0.3, 0.4) is 0 Å². The first-order chi connectivity index (χ1) is 8.29. The number of nitrogens with two attached hydrogens (primary N) is 1. The molecule has 0 aliphatic rings. The van der Waals surface area contributed by atoms with Crippen molar-refractivity contribution in [3.05, 3.63) is 36.7 Å². The predicted molar refractivity (Wildman–Crippen MR) is 65.1 cm³/mol. The maximum absolute atomic E-state index is 5.80. The largest absolute Gasteiger partial charge is 0.497 e. The van der Waals surface area contributed by atoms with E-state index in [-0.39, 0.29) is 0 Å². The van der Waals surface area contributed by atoms with Crippen LogP contribution in [0, 0.1) is 0 Å². The highest BCUT2D eigenvalue weighted by Crippen LogP contribution is 2.26. The monoisotopic (exact) mass is 233 g/mol. The lowest BCUT2D eigenvalue weighted by molar-refractivity contribution is 0.291. The van der Waals surface area contributed by atoms with Gasteiger partial charge in [-0.25, -0.2) is 0 Å². The van der Waals surface area contributed by atoms with Gasteiger partial charge in [0.1, 0.15) is 18.1 Å². The van der Waals surface area contributed by atoms with Crippen LogP contribution in [0.1, 0.15) is 0 Å². The summed E-state index contributed by atoms with van der Waals surface area (Å²) < 4.78 is 12.5. The molecule has 1 aromatic carbocycles. The number of methoxy groups -OCH3 is 1. The quantitative estimate of drug-likeness (QED) is 0.796. The van der Waals surface area contributed by atoms with Crippen molar-refractivity contribution in [3.8, 4) is 11.5 Å². The Morgan fingerprint density at radius 3 is 3.00 bits per heavy atom. The molecule has 0 spiro atoms. The highest BCUT2D eigenvalue weighted by molar-refractivity contribution is 5.55. The standard InChI is InChI=1S/C12H15N3O2/c1-16-10-3-4-11(13)12(9-10)17-8-7-15-6-2-5-14-15/h2-6,9H,7-8,13H2,1H3. The zero-order valence-electron chi connectivity index (χ0n) is 9.67. The SMILES string of the molecule is COc1ccc(N)c(OCCn2cccn2)c1. The Balaban J connectivity index is 1.94. The van der Waals surface area contributed by atoms with E-state index < -0.39 is 0 Å². The van der Waals surface area contributed by atoms with Gasteiger partial charge in [0.2, 0.25) is 0 Å². The average Bonchev–Trinajstić information content (AvgIpc) is 2.84. The maximum atomic E-state index is 5.80. The van der Waals surface area contributed by atoms with E-state index in [4.69, 9.17) is 15.2 Å². The third-order valence-corrected chi connectivity index (χ3v) is 2.36. The fourth-order valence-electron chi connectivity index (χ4n) is 1.45. The molecular formula is C12H15N3O2. The van der Waals surface area contributed by atoms with E-state index in [9.17, 15) is 0 Å². The summed E-state index contributed by atoms with van der Waals surface area (Å²) in [4.78, 5) is 0. The number of nitrogens with zero attached hydrogens (tertiary/aromatic N) is 2. The van der Waals surface area contributed by atoms with Crippen LogP contribution in [0.5, 0.6) is 11.5 Å². The summed E-state index contributed by atoms with van der Waals surface area (Å²) in [6.07, 6.45) is 3.62. The van der Waals surface area contributed by atoms with Gasteiger partial charge in [0.25, 0.3) is 0 Å². The molecule has 2 aromatic rings. The lowest BCUT2D eigenvalue weighted by Gasteiger charge is -2.10. The van der Waals surface area contributed by atoms with Crippen molar-refractivity contribution in [2.75, 3.05) is 19.5 Å². The van der Waals surface area contributed by atoms with Gasteiger partial charge in [-0.1, -0.05) is 0 Å². The van der Waals surface area contributed by atoms with Crippen LogP contribution < -0.4 is 15.2 Å².